The molecule has 2 nitrogen and oxygen atoms in total. The fourth-order valence-electron chi connectivity index (χ4n) is 1.28. The minimum absolute atomic E-state index is 0.129. The molecule has 0 saturated heterocycles. The summed E-state index contributed by atoms with van der Waals surface area (Å²) in [6, 6.07) is 0.569. The molecule has 90 valence electrons. The van der Waals surface area contributed by atoms with E-state index in [0.717, 1.165) is 25.8 Å². The van der Waals surface area contributed by atoms with E-state index in [4.69, 9.17) is 0 Å². The van der Waals surface area contributed by atoms with Gasteiger partial charge in [0.1, 0.15) is 5.78 Å². The summed E-state index contributed by atoms with van der Waals surface area (Å²) in [4.78, 5) is 11.8. The van der Waals surface area contributed by atoms with Gasteiger partial charge in [-0.25, -0.2) is 0 Å². The van der Waals surface area contributed by atoms with Gasteiger partial charge in [0.2, 0.25) is 0 Å². The number of rotatable bonds is 8. The molecule has 1 N–H and O–H groups in total. The molecule has 0 spiro atoms. The van der Waals surface area contributed by atoms with Gasteiger partial charge in [-0.1, -0.05) is 27.7 Å². The summed E-state index contributed by atoms with van der Waals surface area (Å²) in [5.41, 5.74) is -0.129. The topological polar surface area (TPSA) is 29.1 Å². The van der Waals surface area contributed by atoms with Crippen LogP contribution in [0.25, 0.3) is 0 Å². The van der Waals surface area contributed by atoms with Crippen LogP contribution in [0.5, 0.6) is 0 Å². The third-order valence-electron chi connectivity index (χ3n) is 3.32. The largest absolute Gasteiger partial charge is 0.314 e. The Morgan fingerprint density at radius 2 is 1.93 bits per heavy atom. The summed E-state index contributed by atoms with van der Waals surface area (Å²) in [5, 5.41) is 3.40. The van der Waals surface area contributed by atoms with Crippen LogP contribution in [0.2, 0.25) is 0 Å². The van der Waals surface area contributed by atoms with Crippen LogP contribution in [-0.4, -0.2) is 18.4 Å². The first-order valence-corrected chi connectivity index (χ1v) is 6.20. The molecule has 0 rings (SSSR count). The maximum Gasteiger partial charge on any atom is 0.138 e. The quantitative estimate of drug-likeness (QED) is 0.627. The van der Waals surface area contributed by atoms with Crippen LogP contribution in [-0.2, 0) is 4.79 Å². The Kier molecular flexibility index (Phi) is 6.82. The highest BCUT2D eigenvalue weighted by Crippen LogP contribution is 2.22. The summed E-state index contributed by atoms with van der Waals surface area (Å²) < 4.78 is 0. The molecule has 0 amide bonds. The van der Waals surface area contributed by atoms with Crippen molar-refractivity contribution in [3.8, 4) is 0 Å². The predicted molar refractivity (Wildman–Crippen MR) is 66.1 cm³/mol. The lowest BCUT2D eigenvalue weighted by atomic mass is 9.83. The lowest BCUT2D eigenvalue weighted by Gasteiger charge is -2.21. The van der Waals surface area contributed by atoms with Crippen molar-refractivity contribution < 1.29 is 4.79 Å². The first-order valence-electron chi connectivity index (χ1n) is 6.20. The molecule has 0 bridgehead atoms. The summed E-state index contributed by atoms with van der Waals surface area (Å²) in [6.45, 7) is 11.5. The van der Waals surface area contributed by atoms with Gasteiger partial charge in [-0.05, 0) is 32.7 Å². The zero-order valence-corrected chi connectivity index (χ0v) is 11.0. The molecule has 0 heterocycles. The Bertz CT molecular complexity index is 187. The van der Waals surface area contributed by atoms with Gasteiger partial charge in [-0.15, -0.1) is 0 Å². The second-order valence-corrected chi connectivity index (χ2v) is 5.03. The van der Waals surface area contributed by atoms with Gasteiger partial charge in [-0.3, -0.25) is 4.79 Å². The van der Waals surface area contributed by atoms with E-state index in [-0.39, 0.29) is 5.41 Å². The Balaban J connectivity index is 3.64. The van der Waals surface area contributed by atoms with Gasteiger partial charge in [0.05, 0.1) is 0 Å². The fourth-order valence-corrected chi connectivity index (χ4v) is 1.28. The highest BCUT2D eigenvalue weighted by Gasteiger charge is 2.23. The van der Waals surface area contributed by atoms with Gasteiger partial charge in [-0.2, -0.15) is 0 Å². The van der Waals surface area contributed by atoms with Crippen LogP contribution in [0.15, 0.2) is 0 Å². The molecule has 1 atom stereocenters. The van der Waals surface area contributed by atoms with Crippen molar-refractivity contribution >= 4 is 5.78 Å². The van der Waals surface area contributed by atoms with Crippen molar-refractivity contribution in [2.24, 2.45) is 5.41 Å². The number of carbonyl (C=O) groups excluding carboxylic acids is 1. The molecule has 1 unspecified atom stereocenters. The molecule has 0 aliphatic heterocycles. The lowest BCUT2D eigenvalue weighted by Crippen LogP contribution is -2.28. The Morgan fingerprint density at radius 1 is 1.33 bits per heavy atom. The monoisotopic (exact) mass is 213 g/mol. The summed E-state index contributed by atoms with van der Waals surface area (Å²) in [6.07, 6.45) is 3.76. The maximum absolute atomic E-state index is 11.8. The van der Waals surface area contributed by atoms with Crippen LogP contribution in [0.4, 0.5) is 0 Å². The van der Waals surface area contributed by atoms with Crippen molar-refractivity contribution in [1.29, 1.82) is 0 Å². The zero-order chi connectivity index (χ0) is 11.9. The normalized spacial score (nSPS) is 13.9. The average Bonchev–Trinajstić information content (AvgIpc) is 2.23. The highest BCUT2D eigenvalue weighted by molar-refractivity contribution is 5.83. The van der Waals surface area contributed by atoms with Gasteiger partial charge in [0, 0.05) is 17.9 Å². The lowest BCUT2D eigenvalue weighted by molar-refractivity contribution is -0.127. The number of Topliss-reactive ketones (excluding diaryl/α,β-unsaturated/α-hetero) is 1. The zero-order valence-electron chi connectivity index (χ0n) is 11.0. The third-order valence-corrected chi connectivity index (χ3v) is 3.32. The van der Waals surface area contributed by atoms with Gasteiger partial charge in [0.15, 0.2) is 0 Å². The Hall–Kier alpha value is -0.370. The molecular weight excluding hydrogens is 186 g/mol. The summed E-state index contributed by atoms with van der Waals surface area (Å²) in [7, 11) is 0. The standard InChI is InChI=1S/C13H27NO/c1-6-11(3)14-10-8-9-12(15)13(4,5)7-2/h11,14H,6-10H2,1-5H3. The first kappa shape index (κ1) is 14.6. The molecular formula is C13H27NO. The SMILES string of the molecule is CCC(C)NCCCC(=O)C(C)(C)CC. The van der Waals surface area contributed by atoms with Crippen LogP contribution in [0.3, 0.4) is 0 Å². The molecule has 0 fully saturated rings. The maximum atomic E-state index is 11.8. The molecule has 0 aliphatic carbocycles. The van der Waals surface area contributed by atoms with Gasteiger partial charge < -0.3 is 5.32 Å². The number of carbonyl (C=O) groups is 1. The average molecular weight is 213 g/mol. The molecule has 15 heavy (non-hydrogen) atoms. The second-order valence-electron chi connectivity index (χ2n) is 5.03. The Morgan fingerprint density at radius 3 is 2.40 bits per heavy atom. The van der Waals surface area contributed by atoms with E-state index in [9.17, 15) is 4.79 Å². The highest BCUT2D eigenvalue weighted by atomic mass is 16.1. The molecule has 0 aliphatic rings. The van der Waals surface area contributed by atoms with Crippen LogP contribution >= 0.6 is 0 Å². The number of hydrogen-bond acceptors (Lipinski definition) is 2. The minimum Gasteiger partial charge on any atom is -0.314 e. The number of hydrogen-bond donors (Lipinski definition) is 1. The second kappa shape index (κ2) is 7.00. The molecule has 0 aromatic carbocycles. The van der Waals surface area contributed by atoms with Crippen LogP contribution in [0.1, 0.15) is 60.3 Å². The van der Waals surface area contributed by atoms with E-state index in [1.165, 1.54) is 0 Å². The first-order chi connectivity index (χ1) is 6.94. The number of ketones is 1. The minimum atomic E-state index is -0.129. The van der Waals surface area contributed by atoms with Crippen molar-refractivity contribution in [3.05, 3.63) is 0 Å². The van der Waals surface area contributed by atoms with Crippen molar-refractivity contribution in [3.63, 3.8) is 0 Å². The molecule has 0 radical (unpaired) electrons. The van der Waals surface area contributed by atoms with Crippen molar-refractivity contribution in [2.75, 3.05) is 6.54 Å². The van der Waals surface area contributed by atoms with E-state index < -0.39 is 0 Å². The van der Waals surface area contributed by atoms with Crippen molar-refractivity contribution in [1.82, 2.24) is 5.32 Å². The predicted octanol–water partition coefficient (Wildman–Crippen LogP) is 3.16. The molecule has 0 saturated carbocycles. The van der Waals surface area contributed by atoms with Gasteiger partial charge >= 0.3 is 0 Å². The van der Waals surface area contributed by atoms with E-state index in [0.29, 0.717) is 18.2 Å². The van der Waals surface area contributed by atoms with E-state index >= 15 is 0 Å². The van der Waals surface area contributed by atoms with Crippen LogP contribution in [0, 0.1) is 5.41 Å². The van der Waals surface area contributed by atoms with Crippen LogP contribution < -0.4 is 5.32 Å². The summed E-state index contributed by atoms with van der Waals surface area (Å²) in [5.74, 6) is 0.399. The number of nitrogens with one attached hydrogen (secondary N) is 1. The molecule has 0 aromatic heterocycles. The smallest absolute Gasteiger partial charge is 0.138 e. The van der Waals surface area contributed by atoms with E-state index in [1.807, 2.05) is 13.8 Å². The third kappa shape index (κ3) is 5.93. The molecule has 0 aromatic rings. The van der Waals surface area contributed by atoms with E-state index in [2.05, 4.69) is 26.1 Å². The van der Waals surface area contributed by atoms with Crippen molar-refractivity contribution in [2.45, 2.75) is 66.3 Å². The van der Waals surface area contributed by atoms with E-state index in [1.54, 1.807) is 0 Å². The van der Waals surface area contributed by atoms with Gasteiger partial charge in [0.25, 0.3) is 0 Å². The Labute approximate surface area is 94.8 Å². The summed E-state index contributed by atoms with van der Waals surface area (Å²) >= 11 is 0. The molecule has 2 heteroatoms. The fraction of sp³-hybridized carbons (Fsp3) is 0.923.